The molecule has 2 aromatic rings. The van der Waals surface area contributed by atoms with Gasteiger partial charge in [0.25, 0.3) is 0 Å². The number of alkyl halides is 1. The highest BCUT2D eigenvalue weighted by Crippen LogP contribution is 2.24. The van der Waals surface area contributed by atoms with Crippen molar-refractivity contribution in [2.45, 2.75) is 24.8 Å². The molecular formula is C20H19FO7. The summed E-state index contributed by atoms with van der Waals surface area (Å²) in [4.78, 5) is 35.4. The van der Waals surface area contributed by atoms with E-state index < -0.39 is 42.4 Å². The molecule has 0 heterocycles. The van der Waals surface area contributed by atoms with Crippen LogP contribution in [0.2, 0.25) is 0 Å². The van der Waals surface area contributed by atoms with E-state index in [4.69, 9.17) is 14.6 Å². The number of hydrogen-bond acceptors (Lipinski definition) is 6. The monoisotopic (exact) mass is 390 g/mol. The first kappa shape index (κ1) is 21.0. The van der Waals surface area contributed by atoms with E-state index in [1.165, 1.54) is 36.4 Å². The molecule has 2 N–H and O–H groups in total. The summed E-state index contributed by atoms with van der Waals surface area (Å²) in [7, 11) is 0. The Balaban J connectivity index is 2.13. The summed E-state index contributed by atoms with van der Waals surface area (Å²) >= 11 is 0. The second kappa shape index (κ2) is 9.09. The summed E-state index contributed by atoms with van der Waals surface area (Å²) in [5.41, 5.74) is -2.89. The Hall–Kier alpha value is -3.26. The van der Waals surface area contributed by atoms with Gasteiger partial charge >= 0.3 is 17.9 Å². The fraction of sp³-hybridized carbons (Fsp3) is 0.250. The van der Waals surface area contributed by atoms with Gasteiger partial charge in [0, 0.05) is 0 Å². The third kappa shape index (κ3) is 5.14. The maximum Gasteiger partial charge on any atom is 0.345 e. The molecule has 0 amide bonds. The van der Waals surface area contributed by atoms with Crippen molar-refractivity contribution in [2.24, 2.45) is 0 Å². The van der Waals surface area contributed by atoms with E-state index in [9.17, 15) is 23.9 Å². The number of aliphatic hydroxyl groups excluding tert-OH is 1. The maximum absolute atomic E-state index is 14.7. The number of benzene rings is 2. The highest BCUT2D eigenvalue weighted by molar-refractivity contribution is 5.90. The van der Waals surface area contributed by atoms with Crippen LogP contribution in [0.15, 0.2) is 60.7 Å². The van der Waals surface area contributed by atoms with Crippen LogP contribution in [0, 0.1) is 0 Å². The maximum atomic E-state index is 14.7. The van der Waals surface area contributed by atoms with Crippen molar-refractivity contribution >= 4 is 17.9 Å². The number of carbonyl (C=O) groups excluding carboxylic acids is 2. The third-order valence-electron chi connectivity index (χ3n) is 3.94. The van der Waals surface area contributed by atoms with E-state index >= 15 is 0 Å². The molecule has 0 aliphatic heterocycles. The number of aliphatic carboxylic acids is 1. The number of halogens is 1. The lowest BCUT2D eigenvalue weighted by Crippen LogP contribution is -2.53. The normalized spacial score (nSPS) is 15.0. The minimum absolute atomic E-state index is 0.0437. The summed E-state index contributed by atoms with van der Waals surface area (Å²) in [6.07, 6.45) is -4.02. The lowest BCUT2D eigenvalue weighted by Gasteiger charge is -2.30. The minimum Gasteiger partial charge on any atom is -0.479 e. The molecule has 2 aromatic carbocycles. The number of esters is 2. The number of carboxylic acid groups (broad SMARTS) is 1. The van der Waals surface area contributed by atoms with E-state index in [0.29, 0.717) is 6.92 Å². The Bertz CT molecular complexity index is 821. The van der Waals surface area contributed by atoms with E-state index in [0.717, 1.165) is 0 Å². The van der Waals surface area contributed by atoms with Gasteiger partial charge in [-0.2, -0.15) is 0 Å². The molecule has 3 atom stereocenters. The largest absolute Gasteiger partial charge is 0.479 e. The number of aliphatic hydroxyl groups is 1. The second-order valence-corrected chi connectivity index (χ2v) is 6.10. The van der Waals surface area contributed by atoms with Crippen LogP contribution in [0.5, 0.6) is 0 Å². The van der Waals surface area contributed by atoms with Gasteiger partial charge < -0.3 is 19.7 Å². The Kier molecular flexibility index (Phi) is 6.84. The van der Waals surface area contributed by atoms with Gasteiger partial charge in [0.2, 0.25) is 5.67 Å². The molecule has 148 valence electrons. The number of rotatable bonds is 8. The molecule has 0 spiro atoms. The van der Waals surface area contributed by atoms with Gasteiger partial charge in [-0.15, -0.1) is 0 Å². The Morgan fingerprint density at radius 2 is 1.43 bits per heavy atom. The summed E-state index contributed by atoms with van der Waals surface area (Å²) in [5.74, 6) is -3.76. The van der Waals surface area contributed by atoms with Crippen molar-refractivity contribution in [1.29, 1.82) is 0 Å². The summed E-state index contributed by atoms with van der Waals surface area (Å²) in [6.45, 7) is -0.117. The van der Waals surface area contributed by atoms with E-state index in [1.807, 2.05) is 0 Å². The fourth-order valence-electron chi connectivity index (χ4n) is 2.34. The van der Waals surface area contributed by atoms with Crippen LogP contribution < -0.4 is 0 Å². The first-order valence-electron chi connectivity index (χ1n) is 8.32. The summed E-state index contributed by atoms with van der Waals surface area (Å²) < 4.78 is 24.5. The van der Waals surface area contributed by atoms with Crippen molar-refractivity contribution < 1.29 is 38.5 Å². The predicted molar refractivity (Wildman–Crippen MR) is 95.5 cm³/mol. The molecule has 8 heteroatoms. The average molecular weight is 390 g/mol. The van der Waals surface area contributed by atoms with Gasteiger partial charge in [0.15, 0.2) is 6.10 Å². The molecule has 28 heavy (non-hydrogen) atoms. The van der Waals surface area contributed by atoms with E-state index in [2.05, 4.69) is 0 Å². The minimum atomic E-state index is -3.12. The Labute approximate surface area is 160 Å². The molecule has 0 saturated heterocycles. The second-order valence-electron chi connectivity index (χ2n) is 6.10. The lowest BCUT2D eigenvalue weighted by molar-refractivity contribution is -0.166. The standard InChI is InChI=1S/C20H19FO7/c1-20(21,19(25)26)16(28-18(24)14-10-6-3-7-11-14)15(22)12-27-17(23)13-8-4-2-5-9-13/h2-11,15-16,22H,12H2,1H3,(H,25,26)/t15-,16-,20-/m1/s1. The molecule has 0 aliphatic carbocycles. The van der Waals surface area contributed by atoms with Crippen molar-refractivity contribution in [3.8, 4) is 0 Å². The summed E-state index contributed by atoms with van der Waals surface area (Å²) in [6, 6.07) is 15.3. The molecule has 0 unspecified atom stereocenters. The van der Waals surface area contributed by atoms with Crippen molar-refractivity contribution in [2.75, 3.05) is 6.61 Å². The highest BCUT2D eigenvalue weighted by Gasteiger charge is 2.49. The first-order valence-corrected chi connectivity index (χ1v) is 8.32. The molecule has 0 aliphatic rings. The van der Waals surface area contributed by atoms with Gasteiger partial charge in [-0.3, -0.25) is 0 Å². The van der Waals surface area contributed by atoms with Gasteiger partial charge in [0.1, 0.15) is 12.7 Å². The molecule has 0 saturated carbocycles. The zero-order valence-electron chi connectivity index (χ0n) is 14.9. The van der Waals surface area contributed by atoms with Crippen LogP contribution in [0.3, 0.4) is 0 Å². The van der Waals surface area contributed by atoms with Crippen molar-refractivity contribution in [3.05, 3.63) is 71.8 Å². The molecule has 0 aromatic heterocycles. The third-order valence-corrected chi connectivity index (χ3v) is 3.94. The van der Waals surface area contributed by atoms with Crippen LogP contribution >= 0.6 is 0 Å². The van der Waals surface area contributed by atoms with E-state index in [1.54, 1.807) is 24.3 Å². The van der Waals surface area contributed by atoms with Gasteiger partial charge in [-0.05, 0) is 31.2 Å². The molecular weight excluding hydrogens is 371 g/mol. The lowest BCUT2D eigenvalue weighted by atomic mass is 9.96. The molecule has 0 bridgehead atoms. The quantitative estimate of drug-likeness (QED) is 0.665. The summed E-state index contributed by atoms with van der Waals surface area (Å²) in [5, 5.41) is 19.3. The topological polar surface area (TPSA) is 110 Å². The first-order chi connectivity index (χ1) is 13.2. The Morgan fingerprint density at radius 3 is 1.89 bits per heavy atom. The van der Waals surface area contributed by atoms with Crippen molar-refractivity contribution in [3.63, 3.8) is 0 Å². The highest BCUT2D eigenvalue weighted by atomic mass is 19.1. The predicted octanol–water partition coefficient (Wildman–Crippen LogP) is 2.24. The SMILES string of the molecule is C[C@](F)(C(=O)O)[C@H](OC(=O)c1ccccc1)[C@H](O)COC(=O)c1ccccc1. The van der Waals surface area contributed by atoms with Crippen molar-refractivity contribution in [1.82, 2.24) is 0 Å². The number of carbonyl (C=O) groups is 3. The van der Waals surface area contributed by atoms with Gasteiger partial charge in [0.05, 0.1) is 11.1 Å². The van der Waals surface area contributed by atoms with E-state index in [-0.39, 0.29) is 11.1 Å². The number of ether oxygens (including phenoxy) is 2. The van der Waals surface area contributed by atoms with Crippen LogP contribution in [0.1, 0.15) is 27.6 Å². The molecule has 7 nitrogen and oxygen atoms in total. The molecule has 0 radical (unpaired) electrons. The Morgan fingerprint density at radius 1 is 0.964 bits per heavy atom. The molecule has 2 rings (SSSR count). The van der Waals surface area contributed by atoms with Crippen LogP contribution in [0.4, 0.5) is 4.39 Å². The number of carboxylic acids is 1. The smallest absolute Gasteiger partial charge is 0.345 e. The molecule has 0 fully saturated rings. The van der Waals surface area contributed by atoms with Crippen LogP contribution in [-0.4, -0.2) is 52.6 Å². The zero-order chi connectivity index (χ0) is 20.7. The van der Waals surface area contributed by atoms with Gasteiger partial charge in [-0.1, -0.05) is 36.4 Å². The van der Waals surface area contributed by atoms with Gasteiger partial charge in [-0.25, -0.2) is 18.8 Å². The number of hydrogen-bond donors (Lipinski definition) is 2. The van der Waals surface area contributed by atoms with Crippen LogP contribution in [0.25, 0.3) is 0 Å². The average Bonchev–Trinajstić information content (AvgIpc) is 2.70. The fourth-order valence-corrected chi connectivity index (χ4v) is 2.34. The zero-order valence-corrected chi connectivity index (χ0v) is 14.9. The van der Waals surface area contributed by atoms with Crippen LogP contribution in [-0.2, 0) is 14.3 Å².